The molecule has 0 amide bonds. The van der Waals surface area contributed by atoms with Crippen LogP contribution in [0.15, 0.2) is 85.1 Å². The summed E-state index contributed by atoms with van der Waals surface area (Å²) in [6, 6.07) is 0. The third kappa shape index (κ3) is 63.4. The first-order chi connectivity index (χ1) is 38.5. The third-order valence-electron chi connectivity index (χ3n) is 14.6. The summed E-state index contributed by atoms with van der Waals surface area (Å²) in [7, 11) is 0. The van der Waals surface area contributed by atoms with Crippen LogP contribution in [0.2, 0.25) is 0 Å². The molecule has 0 aliphatic heterocycles. The lowest BCUT2D eigenvalue weighted by Gasteiger charge is -2.18. The topological polar surface area (TPSA) is 78.9 Å². The molecule has 78 heavy (non-hydrogen) atoms. The van der Waals surface area contributed by atoms with Gasteiger partial charge in [0.25, 0.3) is 0 Å². The number of rotatable bonds is 61. The van der Waals surface area contributed by atoms with Crippen LogP contribution in [-0.4, -0.2) is 37.2 Å². The summed E-state index contributed by atoms with van der Waals surface area (Å²) in [6.07, 6.45) is 87.5. The number of allylic oxidation sites excluding steroid dienone is 14. The maximum atomic E-state index is 12.9. The van der Waals surface area contributed by atoms with Crippen molar-refractivity contribution >= 4 is 17.9 Å². The van der Waals surface area contributed by atoms with Crippen molar-refractivity contribution in [1.29, 1.82) is 0 Å². The van der Waals surface area contributed by atoms with E-state index >= 15 is 0 Å². The van der Waals surface area contributed by atoms with E-state index in [2.05, 4.69) is 106 Å². The molecule has 450 valence electrons. The molecule has 6 heteroatoms. The Hall–Kier alpha value is -3.41. The molecular formula is C72H126O6. The Labute approximate surface area is 484 Å². The fourth-order valence-corrected chi connectivity index (χ4v) is 9.69. The fraction of sp³-hybridized carbons (Fsp3) is 0.764. The molecule has 0 N–H and O–H groups in total. The molecule has 0 rings (SSSR count). The summed E-state index contributed by atoms with van der Waals surface area (Å²) < 4.78 is 16.9. The zero-order valence-electron chi connectivity index (χ0n) is 51.7. The van der Waals surface area contributed by atoms with Crippen LogP contribution in [0, 0.1) is 0 Å². The highest BCUT2D eigenvalue weighted by Crippen LogP contribution is 2.18. The van der Waals surface area contributed by atoms with Crippen molar-refractivity contribution in [2.24, 2.45) is 0 Å². The van der Waals surface area contributed by atoms with Crippen molar-refractivity contribution < 1.29 is 28.6 Å². The van der Waals surface area contributed by atoms with Gasteiger partial charge < -0.3 is 14.2 Å². The van der Waals surface area contributed by atoms with Crippen LogP contribution in [0.3, 0.4) is 0 Å². The smallest absolute Gasteiger partial charge is 0.306 e. The number of esters is 3. The molecular weight excluding hydrogens is 961 g/mol. The van der Waals surface area contributed by atoms with Gasteiger partial charge in [0.15, 0.2) is 6.10 Å². The summed E-state index contributed by atoms with van der Waals surface area (Å²) in [5, 5.41) is 0. The summed E-state index contributed by atoms with van der Waals surface area (Å²) in [4.78, 5) is 38.4. The minimum Gasteiger partial charge on any atom is -0.462 e. The highest BCUT2D eigenvalue weighted by molar-refractivity contribution is 5.71. The highest BCUT2D eigenvalue weighted by atomic mass is 16.6. The van der Waals surface area contributed by atoms with E-state index in [9.17, 15) is 14.4 Å². The molecule has 0 fully saturated rings. The van der Waals surface area contributed by atoms with E-state index in [1.807, 2.05) is 0 Å². The first-order valence-corrected chi connectivity index (χ1v) is 33.6. The van der Waals surface area contributed by atoms with Crippen LogP contribution in [0.4, 0.5) is 0 Å². The largest absolute Gasteiger partial charge is 0.462 e. The molecule has 0 heterocycles. The Bertz CT molecular complexity index is 1480. The Balaban J connectivity index is 4.31. The second-order valence-corrected chi connectivity index (χ2v) is 22.3. The molecule has 6 nitrogen and oxygen atoms in total. The van der Waals surface area contributed by atoms with Crippen LogP contribution < -0.4 is 0 Å². The quantitative estimate of drug-likeness (QED) is 0.0261. The highest BCUT2D eigenvalue weighted by Gasteiger charge is 2.19. The summed E-state index contributed by atoms with van der Waals surface area (Å²) in [5.74, 6) is -0.902. The van der Waals surface area contributed by atoms with Gasteiger partial charge in [-0.1, -0.05) is 311 Å². The lowest BCUT2D eigenvalue weighted by atomic mass is 10.0. The fourth-order valence-electron chi connectivity index (χ4n) is 9.69. The van der Waals surface area contributed by atoms with Crippen LogP contribution in [0.25, 0.3) is 0 Å². The second-order valence-electron chi connectivity index (χ2n) is 22.3. The first kappa shape index (κ1) is 74.6. The molecule has 0 bridgehead atoms. The summed E-state index contributed by atoms with van der Waals surface area (Å²) >= 11 is 0. The maximum absolute atomic E-state index is 12.9. The molecule has 0 aliphatic rings. The molecule has 0 spiro atoms. The van der Waals surface area contributed by atoms with Gasteiger partial charge >= 0.3 is 17.9 Å². The molecule has 1 unspecified atom stereocenters. The minimum atomic E-state index is -0.792. The van der Waals surface area contributed by atoms with Gasteiger partial charge in [0.1, 0.15) is 13.2 Å². The molecule has 1 atom stereocenters. The Morgan fingerprint density at radius 2 is 0.500 bits per heavy atom. The lowest BCUT2D eigenvalue weighted by Crippen LogP contribution is -2.30. The van der Waals surface area contributed by atoms with Crippen molar-refractivity contribution in [3.05, 3.63) is 85.1 Å². The van der Waals surface area contributed by atoms with Crippen molar-refractivity contribution in [2.75, 3.05) is 13.2 Å². The van der Waals surface area contributed by atoms with Gasteiger partial charge in [0, 0.05) is 19.3 Å². The van der Waals surface area contributed by atoms with E-state index in [-0.39, 0.29) is 31.1 Å². The van der Waals surface area contributed by atoms with Gasteiger partial charge in [-0.15, -0.1) is 0 Å². The van der Waals surface area contributed by atoms with Crippen LogP contribution >= 0.6 is 0 Å². The Morgan fingerprint density at radius 3 is 0.782 bits per heavy atom. The Morgan fingerprint density at radius 1 is 0.269 bits per heavy atom. The van der Waals surface area contributed by atoms with E-state index in [0.29, 0.717) is 19.3 Å². The molecule has 0 aromatic carbocycles. The average molecular weight is 1090 g/mol. The van der Waals surface area contributed by atoms with Crippen molar-refractivity contribution in [2.45, 2.75) is 341 Å². The minimum absolute atomic E-state index is 0.0857. The molecule has 0 aliphatic carbocycles. The molecule has 0 saturated heterocycles. The average Bonchev–Trinajstić information content (AvgIpc) is 3.44. The molecule has 0 radical (unpaired) electrons. The maximum Gasteiger partial charge on any atom is 0.306 e. The number of carbonyl (C=O) groups is 3. The molecule has 0 aromatic heterocycles. The van der Waals surface area contributed by atoms with Crippen molar-refractivity contribution in [1.82, 2.24) is 0 Å². The number of hydrogen-bond donors (Lipinski definition) is 0. The van der Waals surface area contributed by atoms with E-state index in [0.717, 1.165) is 135 Å². The van der Waals surface area contributed by atoms with Gasteiger partial charge in [-0.3, -0.25) is 14.4 Å². The van der Waals surface area contributed by atoms with E-state index in [1.54, 1.807) is 0 Å². The number of hydrogen-bond acceptors (Lipinski definition) is 6. The van der Waals surface area contributed by atoms with Crippen LogP contribution in [0.5, 0.6) is 0 Å². The van der Waals surface area contributed by atoms with Crippen LogP contribution in [0.1, 0.15) is 335 Å². The monoisotopic (exact) mass is 1090 g/mol. The lowest BCUT2D eigenvalue weighted by molar-refractivity contribution is -0.167. The van der Waals surface area contributed by atoms with E-state index < -0.39 is 6.10 Å². The number of unbranched alkanes of at least 4 members (excludes halogenated alkanes) is 36. The normalized spacial score (nSPS) is 12.6. The zero-order chi connectivity index (χ0) is 56.4. The predicted octanol–water partition coefficient (Wildman–Crippen LogP) is 23.1. The van der Waals surface area contributed by atoms with E-state index in [4.69, 9.17) is 14.2 Å². The summed E-state index contributed by atoms with van der Waals surface area (Å²) in [5.41, 5.74) is 0. The molecule has 0 aromatic rings. The second kappa shape index (κ2) is 66.1. The van der Waals surface area contributed by atoms with Gasteiger partial charge in [0.05, 0.1) is 0 Å². The Kier molecular flexibility index (Phi) is 63.2. The van der Waals surface area contributed by atoms with Gasteiger partial charge in [-0.25, -0.2) is 0 Å². The van der Waals surface area contributed by atoms with Crippen LogP contribution in [-0.2, 0) is 28.6 Å². The van der Waals surface area contributed by atoms with Crippen molar-refractivity contribution in [3.8, 4) is 0 Å². The van der Waals surface area contributed by atoms with Gasteiger partial charge in [-0.05, 0) is 89.9 Å². The van der Waals surface area contributed by atoms with Crippen molar-refractivity contribution in [3.63, 3.8) is 0 Å². The number of ether oxygens (including phenoxy) is 3. The van der Waals surface area contributed by atoms with Gasteiger partial charge in [0.2, 0.25) is 0 Å². The first-order valence-electron chi connectivity index (χ1n) is 33.6. The molecule has 0 saturated carbocycles. The standard InChI is InChI=1S/C72H126O6/c1-4-7-10-13-16-19-22-25-28-30-32-33-34-35-36-37-38-40-41-44-47-50-53-56-59-62-65-71(74)77-68-69(67-76-70(73)64-61-58-55-52-49-46-43-27-24-21-18-15-12-9-6-3)78-72(75)66-63-60-57-54-51-48-45-42-39-31-29-26-23-20-17-14-11-8-5-2/h8-9,11-12,17-18,20-21,26-27,29,39,42-43,69H,4-7,10,13-16,19,22-25,28,30-38,40-41,44-68H2,1-3H3/b11-8-,12-9-,20-17-,21-18-,29-26-,42-39-,43-27-. The zero-order valence-corrected chi connectivity index (χ0v) is 51.7. The third-order valence-corrected chi connectivity index (χ3v) is 14.6. The summed E-state index contributed by atoms with van der Waals surface area (Å²) in [6.45, 7) is 6.43. The SMILES string of the molecule is CC/C=C\C/C=C\C/C=C\C/C=C\CCCCCCCCC(=O)OC(COC(=O)CCCCCCC/C=C\C/C=C\C/C=C\CC)COC(=O)CCCCCCCCCCCCCCCCCCCCCCCCCCCC. The number of carbonyl (C=O) groups excluding carboxylic acids is 3. The predicted molar refractivity (Wildman–Crippen MR) is 339 cm³/mol. The van der Waals surface area contributed by atoms with E-state index in [1.165, 1.54) is 161 Å². The van der Waals surface area contributed by atoms with Gasteiger partial charge in [-0.2, -0.15) is 0 Å².